The van der Waals surface area contributed by atoms with Crippen molar-refractivity contribution >= 4 is 9.84 Å². The average Bonchev–Trinajstić information content (AvgIpc) is 2.24. The molecule has 2 atom stereocenters. The minimum atomic E-state index is -2.84. The highest BCUT2D eigenvalue weighted by Gasteiger charge is 2.33. The first-order chi connectivity index (χ1) is 5.12. The van der Waals surface area contributed by atoms with E-state index in [1.165, 1.54) is 0 Å². The quantitative estimate of drug-likeness (QED) is 0.595. The summed E-state index contributed by atoms with van der Waals surface area (Å²) >= 11 is 0. The van der Waals surface area contributed by atoms with Crippen LogP contribution in [0.5, 0.6) is 0 Å². The van der Waals surface area contributed by atoms with Gasteiger partial charge >= 0.3 is 0 Å². The average molecular weight is 174 g/mol. The van der Waals surface area contributed by atoms with Crippen molar-refractivity contribution in [1.82, 2.24) is 0 Å². The van der Waals surface area contributed by atoms with Crippen molar-refractivity contribution in [3.63, 3.8) is 0 Å². The molecule has 0 saturated carbocycles. The smallest absolute Gasteiger partial charge is 0.163 e. The maximum Gasteiger partial charge on any atom is 0.163 e. The first-order valence-electron chi connectivity index (χ1n) is 4.04. The van der Waals surface area contributed by atoms with Crippen molar-refractivity contribution in [3.05, 3.63) is 12.2 Å². The molecule has 0 aromatic rings. The van der Waals surface area contributed by atoms with Gasteiger partial charge in [0.2, 0.25) is 0 Å². The number of hydrogen-bond acceptors (Lipinski definition) is 2. The molecule has 0 aromatic heterocycles. The molecule has 0 aromatic carbocycles. The van der Waals surface area contributed by atoms with E-state index >= 15 is 0 Å². The van der Waals surface area contributed by atoms with Crippen molar-refractivity contribution in [3.8, 4) is 0 Å². The van der Waals surface area contributed by atoms with E-state index in [0.717, 1.165) is 0 Å². The lowest BCUT2D eigenvalue weighted by Gasteiger charge is -2.09. The van der Waals surface area contributed by atoms with Gasteiger partial charge in [0.25, 0.3) is 0 Å². The molecule has 1 heterocycles. The molecule has 0 aliphatic carbocycles. The van der Waals surface area contributed by atoms with Crippen molar-refractivity contribution in [1.29, 1.82) is 0 Å². The monoisotopic (exact) mass is 174 g/mol. The van der Waals surface area contributed by atoms with E-state index in [0.29, 0.717) is 12.8 Å². The Morgan fingerprint density at radius 1 is 1.09 bits per heavy atom. The highest BCUT2D eigenvalue weighted by Crippen LogP contribution is 2.24. The Bertz CT molecular complexity index is 231. The fourth-order valence-electron chi connectivity index (χ4n) is 1.43. The summed E-state index contributed by atoms with van der Waals surface area (Å²) in [5.41, 5.74) is 0. The standard InChI is InChI=1S/C8H14O2S/c1-3-7-5-6-8(4-2)11(7,9)10/h5-8H,3-4H2,1-2H3. The SMILES string of the molecule is CCC1C=CC(CC)S1(=O)=O. The fraction of sp³-hybridized carbons (Fsp3) is 0.750. The van der Waals surface area contributed by atoms with Crippen LogP contribution in [-0.2, 0) is 9.84 Å². The second-order valence-corrected chi connectivity index (χ2v) is 5.26. The molecule has 1 aliphatic heterocycles. The Balaban J connectivity index is 2.89. The van der Waals surface area contributed by atoms with Gasteiger partial charge in [-0.2, -0.15) is 0 Å². The number of hydrogen-bond donors (Lipinski definition) is 0. The van der Waals surface area contributed by atoms with Gasteiger partial charge in [-0.3, -0.25) is 0 Å². The van der Waals surface area contributed by atoms with E-state index in [9.17, 15) is 8.42 Å². The van der Waals surface area contributed by atoms with Crippen LogP contribution >= 0.6 is 0 Å². The van der Waals surface area contributed by atoms with Gasteiger partial charge in [0.05, 0.1) is 10.5 Å². The lowest BCUT2D eigenvalue weighted by Crippen LogP contribution is -2.22. The molecule has 0 spiro atoms. The van der Waals surface area contributed by atoms with Gasteiger partial charge in [0.15, 0.2) is 9.84 Å². The van der Waals surface area contributed by atoms with Gasteiger partial charge in [0, 0.05) is 0 Å². The van der Waals surface area contributed by atoms with Crippen LogP contribution in [0.2, 0.25) is 0 Å². The third kappa shape index (κ3) is 1.34. The lowest BCUT2D eigenvalue weighted by atomic mass is 10.2. The predicted octanol–water partition coefficient (Wildman–Crippen LogP) is 1.53. The summed E-state index contributed by atoms with van der Waals surface area (Å²) in [6.07, 6.45) is 5.05. The Morgan fingerprint density at radius 3 is 1.64 bits per heavy atom. The summed E-state index contributed by atoms with van der Waals surface area (Å²) < 4.78 is 23.0. The molecule has 0 saturated heterocycles. The predicted molar refractivity (Wildman–Crippen MR) is 46.2 cm³/mol. The van der Waals surface area contributed by atoms with Gasteiger partial charge < -0.3 is 0 Å². The summed E-state index contributed by atoms with van der Waals surface area (Å²) in [7, 11) is -2.84. The first-order valence-corrected chi connectivity index (χ1v) is 5.64. The van der Waals surface area contributed by atoms with Crippen LogP contribution in [0.4, 0.5) is 0 Å². The van der Waals surface area contributed by atoms with Gasteiger partial charge in [-0.25, -0.2) is 8.42 Å². The van der Waals surface area contributed by atoms with Crippen LogP contribution < -0.4 is 0 Å². The molecule has 0 bridgehead atoms. The van der Waals surface area contributed by atoms with Crippen molar-refractivity contribution in [2.45, 2.75) is 37.2 Å². The van der Waals surface area contributed by atoms with E-state index in [2.05, 4.69) is 0 Å². The minimum Gasteiger partial charge on any atom is -0.228 e. The van der Waals surface area contributed by atoms with E-state index in [1.54, 1.807) is 0 Å². The molecule has 1 rings (SSSR count). The summed E-state index contributed by atoms with van der Waals surface area (Å²) in [4.78, 5) is 0. The zero-order valence-electron chi connectivity index (χ0n) is 6.95. The van der Waals surface area contributed by atoms with Crippen LogP contribution in [0.15, 0.2) is 12.2 Å². The Hall–Kier alpha value is -0.310. The summed E-state index contributed by atoms with van der Waals surface area (Å²) in [5, 5.41) is -0.431. The highest BCUT2D eigenvalue weighted by molar-refractivity contribution is 7.93. The Labute approximate surface area is 68.2 Å². The van der Waals surface area contributed by atoms with Crippen molar-refractivity contribution in [2.24, 2.45) is 0 Å². The zero-order valence-corrected chi connectivity index (χ0v) is 7.76. The summed E-state index contributed by atoms with van der Waals surface area (Å²) in [5.74, 6) is 0. The summed E-state index contributed by atoms with van der Waals surface area (Å²) in [6.45, 7) is 3.81. The van der Waals surface area contributed by atoms with Gasteiger partial charge in [-0.05, 0) is 12.8 Å². The maximum absolute atomic E-state index is 11.5. The normalized spacial score (nSPS) is 34.4. The molecule has 64 valence electrons. The van der Waals surface area contributed by atoms with Crippen LogP contribution in [-0.4, -0.2) is 18.9 Å². The number of rotatable bonds is 2. The summed E-state index contributed by atoms with van der Waals surface area (Å²) in [6, 6.07) is 0. The topological polar surface area (TPSA) is 34.1 Å². The van der Waals surface area contributed by atoms with Crippen LogP contribution in [0.1, 0.15) is 26.7 Å². The first kappa shape index (κ1) is 8.78. The molecule has 0 N–H and O–H groups in total. The molecule has 11 heavy (non-hydrogen) atoms. The minimum absolute atomic E-state index is 0.215. The van der Waals surface area contributed by atoms with Crippen molar-refractivity contribution in [2.75, 3.05) is 0 Å². The third-order valence-corrected chi connectivity index (χ3v) is 4.86. The van der Waals surface area contributed by atoms with Crippen LogP contribution in [0.25, 0.3) is 0 Å². The largest absolute Gasteiger partial charge is 0.228 e. The molecule has 2 nitrogen and oxygen atoms in total. The van der Waals surface area contributed by atoms with Gasteiger partial charge in [0.1, 0.15) is 0 Å². The van der Waals surface area contributed by atoms with Crippen LogP contribution in [0, 0.1) is 0 Å². The zero-order chi connectivity index (χ0) is 8.48. The Kier molecular flexibility index (Phi) is 2.37. The van der Waals surface area contributed by atoms with Gasteiger partial charge in [-0.15, -0.1) is 0 Å². The highest BCUT2D eigenvalue weighted by atomic mass is 32.2. The maximum atomic E-state index is 11.5. The second kappa shape index (κ2) is 2.97. The molecule has 1 aliphatic rings. The molecule has 2 unspecified atom stereocenters. The molecule has 0 fully saturated rings. The van der Waals surface area contributed by atoms with Gasteiger partial charge in [-0.1, -0.05) is 26.0 Å². The lowest BCUT2D eigenvalue weighted by molar-refractivity contribution is 0.581. The third-order valence-electron chi connectivity index (χ3n) is 2.19. The second-order valence-electron chi connectivity index (χ2n) is 2.87. The van der Waals surface area contributed by atoms with E-state index in [-0.39, 0.29) is 10.5 Å². The van der Waals surface area contributed by atoms with E-state index in [4.69, 9.17) is 0 Å². The van der Waals surface area contributed by atoms with Crippen molar-refractivity contribution < 1.29 is 8.42 Å². The molecule has 0 amide bonds. The van der Waals surface area contributed by atoms with Crippen LogP contribution in [0.3, 0.4) is 0 Å². The van der Waals surface area contributed by atoms with E-state index in [1.807, 2.05) is 26.0 Å². The molecule has 0 radical (unpaired) electrons. The van der Waals surface area contributed by atoms with E-state index < -0.39 is 9.84 Å². The molecule has 3 heteroatoms. The molecular formula is C8H14O2S. The Morgan fingerprint density at radius 2 is 1.45 bits per heavy atom. The fourth-order valence-corrected chi connectivity index (χ4v) is 3.43. The number of sulfone groups is 1. The molecular weight excluding hydrogens is 160 g/mol.